The number of ether oxygens (including phenoxy) is 2. The highest BCUT2D eigenvalue weighted by molar-refractivity contribution is 5.88. The monoisotopic (exact) mass is 212 g/mol. The molecule has 2 aliphatic rings. The van der Waals surface area contributed by atoms with E-state index in [4.69, 9.17) is 9.47 Å². The number of aliphatic hydroxyl groups excluding tert-OH is 1. The van der Waals surface area contributed by atoms with Crippen molar-refractivity contribution in [3.05, 3.63) is 11.8 Å². The van der Waals surface area contributed by atoms with Crippen LogP contribution in [0.4, 0.5) is 0 Å². The third kappa shape index (κ3) is 1.63. The highest BCUT2D eigenvalue weighted by atomic mass is 16.6. The molecular formula is C11H16O4. The zero-order valence-corrected chi connectivity index (χ0v) is 8.97. The van der Waals surface area contributed by atoms with Crippen LogP contribution in [0, 0.1) is 17.8 Å². The summed E-state index contributed by atoms with van der Waals surface area (Å²) in [6.45, 7) is 2.08. The first-order chi connectivity index (χ1) is 7.15. The fourth-order valence-corrected chi connectivity index (χ4v) is 2.71. The van der Waals surface area contributed by atoms with Crippen molar-refractivity contribution in [2.24, 2.45) is 17.8 Å². The van der Waals surface area contributed by atoms with Crippen LogP contribution in [0.2, 0.25) is 0 Å². The molecule has 15 heavy (non-hydrogen) atoms. The molecule has 0 spiro atoms. The van der Waals surface area contributed by atoms with Crippen molar-refractivity contribution in [1.82, 2.24) is 0 Å². The summed E-state index contributed by atoms with van der Waals surface area (Å²) in [7, 11) is 1.36. The summed E-state index contributed by atoms with van der Waals surface area (Å²) in [5.41, 5.74) is 0.567. The van der Waals surface area contributed by atoms with Crippen LogP contribution >= 0.6 is 0 Å². The molecule has 4 heteroatoms. The third-order valence-corrected chi connectivity index (χ3v) is 3.54. The Bertz CT molecular complexity index is 297. The zero-order chi connectivity index (χ0) is 11.0. The van der Waals surface area contributed by atoms with E-state index in [1.165, 1.54) is 13.4 Å². The van der Waals surface area contributed by atoms with E-state index in [1.807, 2.05) is 0 Å². The number of hydrogen-bond donors (Lipinski definition) is 1. The number of methoxy groups -OCH3 is 1. The minimum atomic E-state index is -0.777. The molecule has 1 fully saturated rings. The van der Waals surface area contributed by atoms with Gasteiger partial charge in [-0.05, 0) is 18.8 Å². The van der Waals surface area contributed by atoms with E-state index in [0.29, 0.717) is 11.5 Å². The Morgan fingerprint density at radius 2 is 2.33 bits per heavy atom. The maximum absolute atomic E-state index is 11.5. The number of hydrogen-bond acceptors (Lipinski definition) is 4. The van der Waals surface area contributed by atoms with Gasteiger partial charge >= 0.3 is 5.97 Å². The molecule has 1 N–H and O–H groups in total. The molecule has 0 amide bonds. The lowest BCUT2D eigenvalue weighted by molar-refractivity contribution is -0.144. The molecule has 4 atom stereocenters. The first kappa shape index (κ1) is 10.5. The zero-order valence-electron chi connectivity index (χ0n) is 8.97. The molecule has 84 valence electrons. The van der Waals surface area contributed by atoms with E-state index >= 15 is 0 Å². The van der Waals surface area contributed by atoms with E-state index in [-0.39, 0.29) is 17.8 Å². The van der Waals surface area contributed by atoms with Gasteiger partial charge in [0.2, 0.25) is 0 Å². The van der Waals surface area contributed by atoms with Crippen LogP contribution in [-0.2, 0) is 14.3 Å². The summed E-state index contributed by atoms with van der Waals surface area (Å²) in [5.74, 6) is 0.171. The van der Waals surface area contributed by atoms with E-state index < -0.39 is 6.29 Å². The number of aliphatic hydroxyl groups is 1. The van der Waals surface area contributed by atoms with Crippen LogP contribution in [0.25, 0.3) is 0 Å². The normalized spacial score (nSPS) is 39.0. The molecule has 0 aromatic heterocycles. The van der Waals surface area contributed by atoms with Crippen LogP contribution in [0.3, 0.4) is 0 Å². The highest BCUT2D eigenvalue weighted by Gasteiger charge is 2.45. The molecule has 0 saturated heterocycles. The quantitative estimate of drug-likeness (QED) is 0.660. The lowest BCUT2D eigenvalue weighted by atomic mass is 9.83. The average molecular weight is 212 g/mol. The fraction of sp³-hybridized carbons (Fsp3) is 0.727. The third-order valence-electron chi connectivity index (χ3n) is 3.54. The number of carbonyl (C=O) groups excluding carboxylic acids is 1. The molecule has 0 aromatic carbocycles. The van der Waals surface area contributed by atoms with Crippen LogP contribution < -0.4 is 0 Å². The summed E-state index contributed by atoms with van der Waals surface area (Å²) in [6.07, 6.45) is 2.52. The highest BCUT2D eigenvalue weighted by Crippen LogP contribution is 2.45. The van der Waals surface area contributed by atoms with E-state index in [0.717, 1.165) is 12.8 Å². The lowest BCUT2D eigenvalue weighted by Gasteiger charge is -2.31. The molecule has 0 bridgehead atoms. The van der Waals surface area contributed by atoms with Crippen LogP contribution in [0.15, 0.2) is 11.8 Å². The Morgan fingerprint density at radius 1 is 1.60 bits per heavy atom. The van der Waals surface area contributed by atoms with Crippen molar-refractivity contribution >= 4 is 5.97 Å². The largest absolute Gasteiger partial charge is 0.472 e. The molecule has 0 radical (unpaired) electrons. The summed E-state index contributed by atoms with van der Waals surface area (Å²) >= 11 is 0. The number of esters is 1. The summed E-state index contributed by atoms with van der Waals surface area (Å²) in [4.78, 5) is 11.5. The predicted molar refractivity (Wildman–Crippen MR) is 52.6 cm³/mol. The lowest BCUT2D eigenvalue weighted by Crippen LogP contribution is -2.35. The van der Waals surface area contributed by atoms with Gasteiger partial charge in [-0.1, -0.05) is 6.92 Å². The summed E-state index contributed by atoms with van der Waals surface area (Å²) in [6, 6.07) is 0. The molecule has 0 aromatic rings. The average Bonchev–Trinajstić information content (AvgIpc) is 2.61. The van der Waals surface area contributed by atoms with Crippen molar-refractivity contribution in [3.8, 4) is 0 Å². The molecule has 2 rings (SSSR count). The van der Waals surface area contributed by atoms with Gasteiger partial charge < -0.3 is 14.6 Å². The molecule has 4 unspecified atom stereocenters. The molecule has 1 saturated carbocycles. The molecule has 1 aliphatic heterocycles. The summed E-state index contributed by atoms with van der Waals surface area (Å²) < 4.78 is 9.79. The second-order valence-electron chi connectivity index (χ2n) is 4.33. The van der Waals surface area contributed by atoms with Crippen LogP contribution in [0.5, 0.6) is 0 Å². The minimum absolute atomic E-state index is 0.0316. The van der Waals surface area contributed by atoms with Gasteiger partial charge in [0.25, 0.3) is 0 Å². The van der Waals surface area contributed by atoms with Gasteiger partial charge in [0.1, 0.15) is 0 Å². The van der Waals surface area contributed by atoms with E-state index in [2.05, 4.69) is 6.92 Å². The van der Waals surface area contributed by atoms with Crippen LogP contribution in [0.1, 0.15) is 19.8 Å². The Labute approximate surface area is 88.9 Å². The topological polar surface area (TPSA) is 55.8 Å². The van der Waals surface area contributed by atoms with Gasteiger partial charge in [0.05, 0.1) is 18.9 Å². The Hall–Kier alpha value is -1.03. The first-order valence-electron chi connectivity index (χ1n) is 5.27. The van der Waals surface area contributed by atoms with Gasteiger partial charge in [0.15, 0.2) is 6.29 Å². The van der Waals surface area contributed by atoms with E-state index in [1.54, 1.807) is 0 Å². The van der Waals surface area contributed by atoms with Gasteiger partial charge in [-0.3, -0.25) is 0 Å². The molecular weight excluding hydrogens is 196 g/mol. The van der Waals surface area contributed by atoms with Crippen molar-refractivity contribution < 1.29 is 19.4 Å². The van der Waals surface area contributed by atoms with Crippen molar-refractivity contribution in [2.75, 3.05) is 7.11 Å². The van der Waals surface area contributed by atoms with E-state index in [9.17, 15) is 9.90 Å². The van der Waals surface area contributed by atoms with Crippen molar-refractivity contribution in [2.45, 2.75) is 26.1 Å². The number of rotatable bonds is 1. The maximum atomic E-state index is 11.5. The number of carbonyl (C=O) groups is 1. The van der Waals surface area contributed by atoms with Gasteiger partial charge in [-0.15, -0.1) is 0 Å². The van der Waals surface area contributed by atoms with Gasteiger partial charge in [-0.25, -0.2) is 4.79 Å². The number of fused-ring (bicyclic) bond motifs is 1. The minimum Gasteiger partial charge on any atom is -0.472 e. The van der Waals surface area contributed by atoms with Gasteiger partial charge in [-0.2, -0.15) is 0 Å². The Morgan fingerprint density at radius 3 is 3.00 bits per heavy atom. The van der Waals surface area contributed by atoms with Crippen LogP contribution in [-0.4, -0.2) is 24.5 Å². The second kappa shape index (κ2) is 3.85. The SMILES string of the molecule is COC(=O)C1=COC(O)C2C(C)CCC12. The first-order valence-corrected chi connectivity index (χ1v) is 5.27. The standard InChI is InChI=1S/C11H16O4/c1-6-3-4-7-8(10(12)14-2)5-15-11(13)9(6)7/h5-7,9,11,13H,3-4H2,1-2H3. The fourth-order valence-electron chi connectivity index (χ4n) is 2.71. The van der Waals surface area contributed by atoms with Gasteiger partial charge in [0, 0.05) is 11.8 Å². The molecule has 1 aliphatic carbocycles. The molecule has 4 nitrogen and oxygen atoms in total. The predicted octanol–water partition coefficient (Wildman–Crippen LogP) is 1.05. The maximum Gasteiger partial charge on any atom is 0.337 e. The smallest absolute Gasteiger partial charge is 0.337 e. The second-order valence-corrected chi connectivity index (χ2v) is 4.33. The van der Waals surface area contributed by atoms with Crippen molar-refractivity contribution in [1.29, 1.82) is 0 Å². The summed E-state index contributed by atoms with van der Waals surface area (Å²) in [5, 5.41) is 9.70. The Kier molecular flexibility index (Phi) is 2.69. The van der Waals surface area contributed by atoms with Crippen molar-refractivity contribution in [3.63, 3.8) is 0 Å². The molecule has 1 heterocycles. The Balaban J connectivity index is 2.24.